The summed E-state index contributed by atoms with van der Waals surface area (Å²) in [5.74, 6) is 0. The van der Waals surface area contributed by atoms with E-state index in [1.54, 1.807) is 10.4 Å². The predicted octanol–water partition coefficient (Wildman–Crippen LogP) is 11.0. The van der Waals surface area contributed by atoms with Gasteiger partial charge in [-0.3, -0.25) is 0 Å². The van der Waals surface area contributed by atoms with E-state index in [4.69, 9.17) is 0 Å². The first-order valence-corrected chi connectivity index (χ1v) is 18.3. The smallest absolute Gasteiger partial charge is 0.0672 e. The highest BCUT2D eigenvalue weighted by molar-refractivity contribution is 7.14. The van der Waals surface area contributed by atoms with Crippen LogP contribution < -0.4 is 0 Å². The molecule has 41 heavy (non-hydrogen) atoms. The molecule has 1 aliphatic rings. The van der Waals surface area contributed by atoms with Gasteiger partial charge in [0, 0.05) is 0 Å². The van der Waals surface area contributed by atoms with Crippen molar-refractivity contribution in [3.8, 4) is 0 Å². The van der Waals surface area contributed by atoms with E-state index in [-0.39, 0.29) is 0 Å². The van der Waals surface area contributed by atoms with Crippen molar-refractivity contribution in [3.63, 3.8) is 0 Å². The largest absolute Gasteiger partial charge is 0.120 e. The minimum Gasteiger partial charge on any atom is -0.0672 e. The number of rotatable bonds is 10. The van der Waals surface area contributed by atoms with Gasteiger partial charge in [-0.05, 0) is 91.7 Å². The van der Waals surface area contributed by atoms with Crippen LogP contribution in [0.2, 0.25) is 12.1 Å². The van der Waals surface area contributed by atoms with Crippen molar-refractivity contribution in [1.82, 2.24) is 0 Å². The van der Waals surface area contributed by atoms with Crippen molar-refractivity contribution in [2.75, 3.05) is 0 Å². The molecule has 0 atom stereocenters. The molecule has 0 amide bonds. The molecule has 0 fully saturated rings. The lowest BCUT2D eigenvalue weighted by molar-refractivity contribution is 1.14. The van der Waals surface area contributed by atoms with E-state index in [0.29, 0.717) is 0 Å². The minimum absolute atomic E-state index is 1.04. The Hall–Kier alpha value is -3.42. The molecule has 1 aliphatic heterocycles. The van der Waals surface area contributed by atoms with Crippen molar-refractivity contribution in [3.05, 3.63) is 142 Å². The zero-order chi connectivity index (χ0) is 29.0. The minimum atomic E-state index is -2.18. The van der Waals surface area contributed by atoms with Crippen molar-refractivity contribution in [2.24, 2.45) is 0 Å². The molecule has 0 saturated heterocycles. The molecule has 0 spiro atoms. The van der Waals surface area contributed by atoms with Gasteiger partial charge < -0.3 is 0 Å². The second-order valence-corrected chi connectivity index (χ2v) is 16.1. The Morgan fingerprint density at radius 1 is 0.390 bits per heavy atom. The summed E-state index contributed by atoms with van der Waals surface area (Å²) in [6.07, 6.45) is 4.20. The Bertz CT molecular complexity index is 1480. The standard InChI is InChI=1S/C40H46Si/c1-7-29-17-13-21-33(25-29)37-38(34-22-14-18-30(8-2)26-34)40(36-24-16-20-32(10-4)28-36)41(11-5,12-6)39(37)35-23-15-19-31(9-3)27-35/h13-28H,7-12H2,1-6H3. The quantitative estimate of drug-likeness (QED) is 0.171. The molecule has 1 heteroatoms. The summed E-state index contributed by atoms with van der Waals surface area (Å²) in [5.41, 5.74) is 14.2. The van der Waals surface area contributed by atoms with Gasteiger partial charge in [-0.1, -0.05) is 151 Å². The maximum Gasteiger partial charge on any atom is 0.120 e. The number of hydrogen-bond acceptors (Lipinski definition) is 0. The molecule has 0 unspecified atom stereocenters. The number of allylic oxidation sites excluding steroid dienone is 2. The maximum atomic E-state index is 2.50. The van der Waals surface area contributed by atoms with Gasteiger partial charge in [0.1, 0.15) is 8.07 Å². The Morgan fingerprint density at radius 3 is 0.976 bits per heavy atom. The fourth-order valence-corrected chi connectivity index (χ4v) is 12.1. The highest BCUT2D eigenvalue weighted by Crippen LogP contribution is 2.58. The van der Waals surface area contributed by atoms with Crippen LogP contribution in [-0.4, -0.2) is 8.07 Å². The van der Waals surface area contributed by atoms with Crippen LogP contribution in [0.4, 0.5) is 0 Å². The van der Waals surface area contributed by atoms with Crippen molar-refractivity contribution in [1.29, 1.82) is 0 Å². The third-order valence-electron chi connectivity index (χ3n) is 9.41. The highest BCUT2D eigenvalue weighted by atomic mass is 28.3. The molecule has 0 aliphatic carbocycles. The van der Waals surface area contributed by atoms with Gasteiger partial charge in [0.15, 0.2) is 0 Å². The lowest BCUT2D eigenvalue weighted by Crippen LogP contribution is -2.35. The monoisotopic (exact) mass is 554 g/mol. The Kier molecular flexibility index (Phi) is 8.95. The van der Waals surface area contributed by atoms with E-state index in [1.807, 2.05) is 0 Å². The van der Waals surface area contributed by atoms with E-state index >= 15 is 0 Å². The SMILES string of the molecule is CCc1cccc(C2=C(c3cccc(CC)c3)[Si](CC)(CC)C(c3cccc(CC)c3)=C2c2cccc(CC)c2)c1. The molecule has 210 valence electrons. The first kappa shape index (κ1) is 29.1. The van der Waals surface area contributed by atoms with E-state index in [0.717, 1.165) is 25.7 Å². The van der Waals surface area contributed by atoms with Crippen LogP contribution in [0.1, 0.15) is 86.1 Å². The zero-order valence-corrected chi connectivity index (χ0v) is 27.0. The fourth-order valence-electron chi connectivity index (χ4n) is 7.02. The van der Waals surface area contributed by atoms with Gasteiger partial charge in [0.25, 0.3) is 0 Å². The fraction of sp³-hybridized carbons (Fsp3) is 0.300. The topological polar surface area (TPSA) is 0 Å². The molecule has 0 saturated carbocycles. The Morgan fingerprint density at radius 2 is 0.683 bits per heavy atom. The van der Waals surface area contributed by atoms with Gasteiger partial charge in [-0.15, -0.1) is 0 Å². The van der Waals surface area contributed by atoms with Crippen LogP contribution in [0.5, 0.6) is 0 Å². The second-order valence-electron chi connectivity index (χ2n) is 11.5. The number of benzene rings is 4. The van der Waals surface area contributed by atoms with Crippen molar-refractivity contribution < 1.29 is 0 Å². The Labute approximate surface area is 249 Å². The van der Waals surface area contributed by atoms with Crippen LogP contribution in [0, 0.1) is 0 Å². The molecule has 0 aromatic heterocycles. The summed E-state index contributed by atoms with van der Waals surface area (Å²) in [4.78, 5) is 0. The average Bonchev–Trinajstić information content (AvgIpc) is 3.36. The van der Waals surface area contributed by atoms with Gasteiger partial charge in [0.2, 0.25) is 0 Å². The summed E-state index contributed by atoms with van der Waals surface area (Å²) >= 11 is 0. The summed E-state index contributed by atoms with van der Waals surface area (Å²) in [7, 11) is -2.18. The number of aryl methyl sites for hydroxylation is 4. The van der Waals surface area contributed by atoms with Crippen LogP contribution in [-0.2, 0) is 25.7 Å². The Balaban J connectivity index is 1.99. The molecule has 4 aromatic rings. The van der Waals surface area contributed by atoms with E-state index in [2.05, 4.69) is 139 Å². The maximum absolute atomic E-state index is 2.50. The van der Waals surface area contributed by atoms with E-state index < -0.39 is 8.07 Å². The zero-order valence-electron chi connectivity index (χ0n) is 26.0. The van der Waals surface area contributed by atoms with Gasteiger partial charge >= 0.3 is 0 Å². The van der Waals surface area contributed by atoms with Crippen LogP contribution >= 0.6 is 0 Å². The van der Waals surface area contributed by atoms with Crippen molar-refractivity contribution in [2.45, 2.75) is 79.3 Å². The summed E-state index contributed by atoms with van der Waals surface area (Å²) in [6.45, 7) is 14.0. The van der Waals surface area contributed by atoms with Gasteiger partial charge in [-0.2, -0.15) is 0 Å². The van der Waals surface area contributed by atoms with Gasteiger partial charge in [-0.25, -0.2) is 0 Å². The predicted molar refractivity (Wildman–Crippen MR) is 184 cm³/mol. The third kappa shape index (κ3) is 5.33. The van der Waals surface area contributed by atoms with Crippen LogP contribution in [0.15, 0.2) is 97.1 Å². The first-order valence-electron chi connectivity index (χ1n) is 15.9. The first-order chi connectivity index (χ1) is 20.0. The molecule has 4 aromatic carbocycles. The summed E-state index contributed by atoms with van der Waals surface area (Å²) in [5, 5.41) is 3.28. The number of hydrogen-bond donors (Lipinski definition) is 0. The normalized spacial score (nSPS) is 14.7. The van der Waals surface area contributed by atoms with Gasteiger partial charge in [0.05, 0.1) is 0 Å². The molecular formula is C40H46Si. The van der Waals surface area contributed by atoms with E-state index in [9.17, 15) is 0 Å². The average molecular weight is 555 g/mol. The van der Waals surface area contributed by atoms with Crippen molar-refractivity contribution >= 4 is 29.6 Å². The molecule has 0 N–H and O–H groups in total. The highest BCUT2D eigenvalue weighted by Gasteiger charge is 2.48. The molecule has 5 rings (SSSR count). The van der Waals surface area contributed by atoms with Crippen LogP contribution in [0.25, 0.3) is 21.5 Å². The molecule has 0 radical (unpaired) electrons. The molecular weight excluding hydrogens is 509 g/mol. The molecule has 1 heterocycles. The second kappa shape index (κ2) is 12.6. The lowest BCUT2D eigenvalue weighted by Gasteiger charge is -2.33. The lowest BCUT2D eigenvalue weighted by atomic mass is 9.87. The summed E-state index contributed by atoms with van der Waals surface area (Å²) < 4.78 is 0. The molecule has 0 bridgehead atoms. The van der Waals surface area contributed by atoms with E-state index in [1.165, 1.54) is 67.7 Å². The molecule has 0 nitrogen and oxygen atoms in total. The van der Waals surface area contributed by atoms with Crippen LogP contribution in [0.3, 0.4) is 0 Å². The third-order valence-corrected chi connectivity index (χ3v) is 14.8. The summed E-state index contributed by atoms with van der Waals surface area (Å²) in [6, 6.07) is 40.2.